The Balaban J connectivity index is 6.14. The topological polar surface area (TPSA) is 82.4 Å². The third-order valence-electron chi connectivity index (χ3n) is 1.67. The zero-order valence-corrected chi connectivity index (χ0v) is 10.9. The molecule has 5 nitrogen and oxygen atoms in total. The van der Waals surface area contributed by atoms with Crippen molar-refractivity contribution in [1.82, 2.24) is 0 Å². The van der Waals surface area contributed by atoms with Gasteiger partial charge in [0.1, 0.15) is 0 Å². The molecule has 0 radical (unpaired) electrons. The molecule has 0 amide bonds. The molecule has 21 heavy (non-hydrogen) atoms. The summed E-state index contributed by atoms with van der Waals surface area (Å²) in [4.78, 5) is 0. The van der Waals surface area contributed by atoms with Gasteiger partial charge >= 0.3 is 23.3 Å². The average Bonchev–Trinajstić information content (AvgIpc) is 2.10. The van der Waals surface area contributed by atoms with E-state index in [9.17, 15) is 56.3 Å². The van der Waals surface area contributed by atoms with Gasteiger partial charge in [0.25, 0.3) is 0 Å². The minimum absolute atomic E-state index is 0.194. The van der Waals surface area contributed by atoms with Gasteiger partial charge in [-0.2, -0.15) is 39.5 Å². The Labute approximate surface area is 111 Å². The molecule has 0 heterocycles. The lowest BCUT2D eigenvalue weighted by molar-refractivity contribution is -0.382. The van der Waals surface area contributed by atoms with Crippen molar-refractivity contribution in [1.29, 1.82) is 0 Å². The quantitative estimate of drug-likeness (QED) is 0.688. The van der Waals surface area contributed by atoms with Gasteiger partial charge in [-0.3, -0.25) is 0 Å². The summed E-state index contributed by atoms with van der Waals surface area (Å²) in [6.07, 6.45) is -7.43. The standard InChI is InChI=1S/C5H3F9NO4S2/c1-20(16,17)15-21(18,19)5(13,14)3(8,9)2(6,7)4(10,11)12/h1H3/q-1. The van der Waals surface area contributed by atoms with E-state index in [1.54, 1.807) is 0 Å². The van der Waals surface area contributed by atoms with Crippen LogP contribution in [0.2, 0.25) is 0 Å². The van der Waals surface area contributed by atoms with Crippen molar-refractivity contribution in [2.75, 3.05) is 6.26 Å². The molecule has 0 saturated carbocycles. The number of alkyl halides is 9. The average molecular weight is 376 g/mol. The molecule has 0 bridgehead atoms. The number of hydrogen-bond donors (Lipinski definition) is 0. The molecule has 0 atom stereocenters. The van der Waals surface area contributed by atoms with Gasteiger partial charge in [0.2, 0.25) is 0 Å². The Morgan fingerprint density at radius 2 is 1.05 bits per heavy atom. The molecule has 0 aromatic heterocycles. The van der Waals surface area contributed by atoms with Crippen LogP contribution in [0.15, 0.2) is 0 Å². The van der Waals surface area contributed by atoms with Gasteiger partial charge in [0, 0.05) is 6.26 Å². The van der Waals surface area contributed by atoms with E-state index in [1.807, 2.05) is 0 Å². The molecule has 0 aliphatic carbocycles. The summed E-state index contributed by atoms with van der Waals surface area (Å²) in [5.74, 6) is -15.0. The van der Waals surface area contributed by atoms with Gasteiger partial charge in [-0.25, -0.2) is 16.8 Å². The third kappa shape index (κ3) is 3.36. The second kappa shape index (κ2) is 4.87. The molecule has 0 aliphatic heterocycles. The van der Waals surface area contributed by atoms with Crippen LogP contribution in [0.25, 0.3) is 4.13 Å². The van der Waals surface area contributed by atoms with E-state index in [-0.39, 0.29) is 6.26 Å². The fourth-order valence-corrected chi connectivity index (χ4v) is 3.00. The number of nitrogens with zero attached hydrogens (tertiary/aromatic N) is 1. The summed E-state index contributed by atoms with van der Waals surface area (Å²) in [5.41, 5.74) is 0. The summed E-state index contributed by atoms with van der Waals surface area (Å²) in [6, 6.07) is 0. The highest BCUT2D eigenvalue weighted by Gasteiger charge is 2.84. The molecule has 16 heteroatoms. The first-order chi connectivity index (χ1) is 8.71. The van der Waals surface area contributed by atoms with E-state index < -0.39 is 43.3 Å². The van der Waals surface area contributed by atoms with Gasteiger partial charge in [0.15, 0.2) is 10.0 Å². The van der Waals surface area contributed by atoms with Gasteiger partial charge in [-0.1, -0.05) is 0 Å². The summed E-state index contributed by atoms with van der Waals surface area (Å²) >= 11 is 0. The highest BCUT2D eigenvalue weighted by atomic mass is 32.3. The fourth-order valence-electron chi connectivity index (χ4n) is 0.748. The largest absolute Gasteiger partial charge is 0.460 e. The maximum atomic E-state index is 12.9. The molecule has 0 N–H and O–H groups in total. The van der Waals surface area contributed by atoms with Crippen LogP contribution < -0.4 is 0 Å². The molecule has 0 aromatic rings. The first kappa shape index (κ1) is 20.2. The van der Waals surface area contributed by atoms with Crippen LogP contribution in [0.3, 0.4) is 0 Å². The summed E-state index contributed by atoms with van der Waals surface area (Å²) in [6.45, 7) is 0. The highest BCUT2D eigenvalue weighted by molar-refractivity contribution is 8.12. The number of rotatable bonds is 5. The predicted molar refractivity (Wildman–Crippen MR) is 48.0 cm³/mol. The maximum Gasteiger partial charge on any atom is 0.460 e. The SMILES string of the molecule is CS(=O)(=O)[N-]S(=O)(=O)C(F)(F)C(F)(F)C(F)(F)C(F)(F)F. The van der Waals surface area contributed by atoms with Crippen LogP contribution in [0.5, 0.6) is 0 Å². The number of hydrogen-bond acceptors (Lipinski definition) is 4. The van der Waals surface area contributed by atoms with Gasteiger partial charge < -0.3 is 4.13 Å². The smallest absolute Gasteiger partial charge is 0.431 e. The second-order valence-corrected chi connectivity index (χ2v) is 6.97. The summed E-state index contributed by atoms with van der Waals surface area (Å²) < 4.78 is 154. The zero-order chi connectivity index (χ0) is 17.7. The molecular formula is C5H3F9NO4S2-. The highest BCUT2D eigenvalue weighted by Crippen LogP contribution is 2.55. The summed E-state index contributed by atoms with van der Waals surface area (Å²) in [7, 11) is -12.6. The lowest BCUT2D eigenvalue weighted by atomic mass is 10.1. The number of halogens is 9. The normalized spacial score (nSPS) is 16.1. The maximum absolute atomic E-state index is 12.9. The molecule has 0 aliphatic rings. The summed E-state index contributed by atoms with van der Waals surface area (Å²) in [5, 5.41) is -7.14. The van der Waals surface area contributed by atoms with E-state index in [2.05, 4.69) is 0 Å². The monoisotopic (exact) mass is 376 g/mol. The molecule has 128 valence electrons. The Kier molecular flexibility index (Phi) is 4.69. The predicted octanol–water partition coefficient (Wildman–Crippen LogP) is 2.08. The third-order valence-corrected chi connectivity index (χ3v) is 4.45. The molecule has 0 unspecified atom stereocenters. The van der Waals surface area contributed by atoms with E-state index in [4.69, 9.17) is 0 Å². The minimum Gasteiger partial charge on any atom is -0.431 e. The van der Waals surface area contributed by atoms with Crippen LogP contribution >= 0.6 is 0 Å². The second-order valence-electron chi connectivity index (χ2n) is 3.45. The van der Waals surface area contributed by atoms with Crippen molar-refractivity contribution in [3.8, 4) is 0 Å². The van der Waals surface area contributed by atoms with Gasteiger partial charge in [-0.15, -0.1) is 0 Å². The van der Waals surface area contributed by atoms with Crippen molar-refractivity contribution >= 4 is 20.0 Å². The first-order valence-electron chi connectivity index (χ1n) is 4.10. The van der Waals surface area contributed by atoms with Crippen LogP contribution in [-0.2, 0) is 20.0 Å². The van der Waals surface area contributed by atoms with Crippen LogP contribution in [-0.4, -0.2) is 46.4 Å². The molecule has 0 rings (SSSR count). The van der Waals surface area contributed by atoms with Crippen LogP contribution in [0, 0.1) is 0 Å². The van der Waals surface area contributed by atoms with E-state index in [0.29, 0.717) is 0 Å². The number of sulfonamides is 2. The fraction of sp³-hybridized carbons (Fsp3) is 1.00. The molecule has 0 aromatic carbocycles. The van der Waals surface area contributed by atoms with Crippen molar-refractivity contribution in [3.05, 3.63) is 4.13 Å². The lowest BCUT2D eigenvalue weighted by Crippen LogP contribution is -2.63. The first-order valence-corrected chi connectivity index (χ1v) is 7.38. The van der Waals surface area contributed by atoms with Crippen LogP contribution in [0.4, 0.5) is 39.5 Å². The Bertz CT molecular complexity index is 605. The van der Waals surface area contributed by atoms with Crippen molar-refractivity contribution in [2.45, 2.75) is 23.3 Å². The minimum atomic E-state index is -7.51. The Hall–Kier alpha value is -0.770. The van der Waals surface area contributed by atoms with E-state index >= 15 is 0 Å². The van der Waals surface area contributed by atoms with E-state index in [1.165, 1.54) is 4.13 Å². The zero-order valence-electron chi connectivity index (χ0n) is 9.30. The molecule has 0 saturated heterocycles. The van der Waals surface area contributed by atoms with Gasteiger partial charge in [-0.05, 0) is 0 Å². The molecule has 0 fully saturated rings. The van der Waals surface area contributed by atoms with Crippen molar-refractivity contribution in [3.63, 3.8) is 0 Å². The van der Waals surface area contributed by atoms with Crippen molar-refractivity contribution in [2.24, 2.45) is 0 Å². The van der Waals surface area contributed by atoms with E-state index in [0.717, 1.165) is 0 Å². The van der Waals surface area contributed by atoms with Crippen molar-refractivity contribution < 1.29 is 56.3 Å². The lowest BCUT2D eigenvalue weighted by Gasteiger charge is -2.36. The molecular weight excluding hydrogens is 373 g/mol. The molecule has 0 spiro atoms. The Morgan fingerprint density at radius 1 is 0.714 bits per heavy atom. The van der Waals surface area contributed by atoms with Gasteiger partial charge in [0.05, 0.1) is 10.0 Å². The Morgan fingerprint density at radius 3 is 1.29 bits per heavy atom. The van der Waals surface area contributed by atoms with Crippen LogP contribution in [0.1, 0.15) is 0 Å².